The molecule has 4 rings (SSSR count). The molecule has 2 unspecified atom stereocenters. The molecule has 1 aliphatic rings. The van der Waals surface area contributed by atoms with Crippen molar-refractivity contribution < 1.29 is 45.3 Å². The van der Waals surface area contributed by atoms with Crippen molar-refractivity contribution in [3.63, 3.8) is 0 Å². The number of aliphatic hydroxyl groups excluding tert-OH is 1. The molecule has 1 aliphatic heterocycles. The molecular formula is C24H22F6N4O4. The normalized spacial score (nSPS) is 22.5. The number of aromatic nitrogens is 3. The van der Waals surface area contributed by atoms with Gasteiger partial charge in [0.25, 0.3) is 17.4 Å². The Bertz CT molecular complexity index is 1300. The van der Waals surface area contributed by atoms with Crippen molar-refractivity contribution in [2.24, 2.45) is 0 Å². The van der Waals surface area contributed by atoms with Gasteiger partial charge in [0.15, 0.2) is 5.69 Å². The number of hydrogen-bond donors (Lipinski definition) is 2. The lowest BCUT2D eigenvalue weighted by Gasteiger charge is -2.35. The van der Waals surface area contributed by atoms with Crippen LogP contribution in [-0.2, 0) is 23.1 Å². The van der Waals surface area contributed by atoms with Crippen molar-refractivity contribution in [1.29, 1.82) is 0 Å². The van der Waals surface area contributed by atoms with Crippen molar-refractivity contribution in [3.8, 4) is 17.5 Å². The predicted molar refractivity (Wildman–Crippen MR) is 120 cm³/mol. The van der Waals surface area contributed by atoms with Gasteiger partial charge in [-0.05, 0) is 31.4 Å². The highest BCUT2D eigenvalue weighted by molar-refractivity contribution is 5.68. The molecule has 3 N–H and O–H groups in total. The maximum Gasteiger partial charge on any atom is 0.429 e. The van der Waals surface area contributed by atoms with Crippen molar-refractivity contribution >= 4 is 5.69 Å². The Morgan fingerprint density at radius 1 is 1.13 bits per heavy atom. The number of halogens is 6. The van der Waals surface area contributed by atoms with Crippen LogP contribution in [0.1, 0.15) is 36.8 Å². The van der Waals surface area contributed by atoms with Crippen LogP contribution in [0.4, 0.5) is 32.0 Å². The van der Waals surface area contributed by atoms with Gasteiger partial charge in [-0.2, -0.15) is 26.3 Å². The van der Waals surface area contributed by atoms with Crippen LogP contribution in [0, 0.1) is 0 Å². The number of nitrogen functional groups attached to an aromatic ring is 1. The van der Waals surface area contributed by atoms with E-state index in [1.54, 1.807) is 18.2 Å². The zero-order valence-electron chi connectivity index (χ0n) is 19.8. The van der Waals surface area contributed by atoms with Crippen LogP contribution in [-0.4, -0.2) is 38.7 Å². The van der Waals surface area contributed by atoms with Gasteiger partial charge in [-0.15, -0.1) is 10.2 Å². The first-order chi connectivity index (χ1) is 17.8. The lowest BCUT2D eigenvalue weighted by atomic mass is 9.94. The van der Waals surface area contributed by atoms with Gasteiger partial charge in [0.1, 0.15) is 11.7 Å². The van der Waals surface area contributed by atoms with E-state index in [0.29, 0.717) is 11.6 Å². The minimum absolute atomic E-state index is 0.0448. The maximum absolute atomic E-state index is 14.7. The lowest BCUT2D eigenvalue weighted by Crippen LogP contribution is -2.53. The van der Waals surface area contributed by atoms with Gasteiger partial charge in [-0.25, -0.2) is 4.98 Å². The van der Waals surface area contributed by atoms with Gasteiger partial charge < -0.3 is 24.7 Å². The first-order valence-electron chi connectivity index (χ1n) is 11.3. The summed E-state index contributed by atoms with van der Waals surface area (Å²) in [6.07, 6.45) is -11.1. The number of benzene rings is 1. The average Bonchev–Trinajstić information content (AvgIpc) is 3.32. The Kier molecular flexibility index (Phi) is 7.39. The summed E-state index contributed by atoms with van der Waals surface area (Å²) in [4.78, 5) is 3.78. The number of aliphatic hydroxyl groups is 1. The number of nitrogens with zero attached hydrogens (tertiary/aromatic N) is 3. The second-order valence-electron chi connectivity index (χ2n) is 8.58. The molecule has 14 heteroatoms. The number of nitrogens with two attached hydrogens (primary N) is 1. The molecule has 8 nitrogen and oxygen atoms in total. The number of anilines is 1. The molecule has 3 atom stereocenters. The number of fused-ring (bicyclic) bond motifs is 5. The van der Waals surface area contributed by atoms with Gasteiger partial charge in [0.05, 0.1) is 18.4 Å². The molecule has 4 bridgehead atoms. The molecule has 3 heterocycles. The van der Waals surface area contributed by atoms with E-state index in [2.05, 4.69) is 15.2 Å². The quantitative estimate of drug-likeness (QED) is 0.342. The van der Waals surface area contributed by atoms with E-state index in [4.69, 9.17) is 19.6 Å². The fraction of sp³-hybridized carbons (Fsp3) is 0.375. The third-order valence-electron chi connectivity index (χ3n) is 5.79. The van der Waals surface area contributed by atoms with Crippen LogP contribution >= 0.6 is 0 Å². The Morgan fingerprint density at radius 2 is 1.84 bits per heavy atom. The number of alkyl halides is 6. The maximum atomic E-state index is 14.7. The topological polar surface area (TPSA) is 117 Å². The van der Waals surface area contributed by atoms with Crippen LogP contribution in [0.25, 0.3) is 11.6 Å². The summed E-state index contributed by atoms with van der Waals surface area (Å²) in [5.41, 5.74) is 0.187. The molecule has 1 aromatic carbocycles. The van der Waals surface area contributed by atoms with Gasteiger partial charge >= 0.3 is 12.4 Å². The van der Waals surface area contributed by atoms with Crippen LogP contribution in [0.2, 0.25) is 0 Å². The van der Waals surface area contributed by atoms with Gasteiger partial charge in [0, 0.05) is 0 Å². The minimum Gasteiger partial charge on any atom is -0.474 e. The molecule has 0 aliphatic carbocycles. The summed E-state index contributed by atoms with van der Waals surface area (Å²) in [6.45, 7) is 0.862. The largest absolute Gasteiger partial charge is 0.474 e. The second kappa shape index (κ2) is 10.3. The molecule has 2 aromatic heterocycles. The molecular weight excluding hydrogens is 522 g/mol. The highest BCUT2D eigenvalue weighted by Crippen LogP contribution is 2.47. The second-order valence-corrected chi connectivity index (χ2v) is 8.58. The van der Waals surface area contributed by atoms with E-state index < -0.39 is 71.4 Å². The SMILES string of the molecule is C[C@@H]1CCC=CC(O)C(OCc2ccccc2)(C(F)(F)F)c2nnc(o2)-c2nc(c(C(F)(F)F)cc2N)O1. The molecule has 0 amide bonds. The van der Waals surface area contributed by atoms with E-state index in [1.165, 1.54) is 25.1 Å². The van der Waals surface area contributed by atoms with Crippen molar-refractivity contribution in [1.82, 2.24) is 15.2 Å². The third-order valence-corrected chi connectivity index (χ3v) is 5.79. The van der Waals surface area contributed by atoms with E-state index in [1.807, 2.05) is 0 Å². The molecule has 0 fully saturated rings. The van der Waals surface area contributed by atoms with Gasteiger partial charge in [-0.3, -0.25) is 0 Å². The van der Waals surface area contributed by atoms with Crippen LogP contribution in [0.15, 0.2) is 53.0 Å². The Morgan fingerprint density at radius 3 is 2.50 bits per heavy atom. The zero-order chi connectivity index (χ0) is 27.7. The van der Waals surface area contributed by atoms with Crippen molar-refractivity contribution in [2.75, 3.05) is 5.73 Å². The predicted octanol–water partition coefficient (Wildman–Crippen LogP) is 5.19. The molecule has 0 spiro atoms. The van der Waals surface area contributed by atoms with E-state index in [0.717, 1.165) is 6.08 Å². The highest BCUT2D eigenvalue weighted by atomic mass is 19.4. The third kappa shape index (κ3) is 5.31. The number of hydrogen-bond acceptors (Lipinski definition) is 8. The zero-order valence-corrected chi connectivity index (χ0v) is 19.8. The van der Waals surface area contributed by atoms with E-state index in [-0.39, 0.29) is 12.8 Å². The number of allylic oxidation sites excluding steroid dienone is 1. The van der Waals surface area contributed by atoms with Crippen LogP contribution in [0.5, 0.6) is 5.88 Å². The summed E-state index contributed by atoms with van der Waals surface area (Å²) >= 11 is 0. The van der Waals surface area contributed by atoms with E-state index in [9.17, 15) is 31.4 Å². The lowest BCUT2D eigenvalue weighted by molar-refractivity contribution is -0.319. The number of ether oxygens (including phenoxy) is 2. The summed E-state index contributed by atoms with van der Waals surface area (Å²) in [6, 6.07) is 8.40. The molecule has 38 heavy (non-hydrogen) atoms. The summed E-state index contributed by atoms with van der Waals surface area (Å²) in [5, 5.41) is 17.8. The molecule has 0 saturated carbocycles. The Hall–Kier alpha value is -3.65. The van der Waals surface area contributed by atoms with Gasteiger partial charge in [-0.1, -0.05) is 42.5 Å². The fourth-order valence-corrected chi connectivity index (χ4v) is 3.80. The van der Waals surface area contributed by atoms with Gasteiger partial charge in [0.2, 0.25) is 5.88 Å². The van der Waals surface area contributed by atoms with Crippen molar-refractivity contribution in [2.45, 2.75) is 56.5 Å². The summed E-state index contributed by atoms with van der Waals surface area (Å²) in [5.74, 6) is -2.77. The standard InChI is InChI=1S/C24H22F6N4O4/c1-13-7-5-6-10-17(35)22(24(28,29)30,36-12-14-8-3-2-4-9-14)21-34-33-20(38-21)18-16(31)11-15(23(25,26)27)19(32-18)37-13/h2-4,6,8-11,13,17,35H,5,7,12,31H2,1H3/t13-,17?,22?/m1/s1. The minimum atomic E-state index is -5.28. The van der Waals surface area contributed by atoms with Crippen LogP contribution in [0.3, 0.4) is 0 Å². The number of rotatable bonds is 3. The number of pyridine rings is 1. The Labute approximate surface area is 212 Å². The summed E-state index contributed by atoms with van der Waals surface area (Å²) in [7, 11) is 0. The smallest absolute Gasteiger partial charge is 0.429 e. The Balaban J connectivity index is 1.90. The molecule has 0 saturated heterocycles. The monoisotopic (exact) mass is 544 g/mol. The molecule has 3 aromatic rings. The van der Waals surface area contributed by atoms with E-state index >= 15 is 0 Å². The average molecular weight is 544 g/mol. The fourth-order valence-electron chi connectivity index (χ4n) is 3.80. The highest BCUT2D eigenvalue weighted by Gasteiger charge is 2.65. The van der Waals surface area contributed by atoms with Crippen LogP contribution < -0.4 is 10.5 Å². The first-order valence-corrected chi connectivity index (χ1v) is 11.3. The first kappa shape index (κ1) is 27.4. The molecule has 0 radical (unpaired) electrons. The molecule has 204 valence electrons. The summed E-state index contributed by atoms with van der Waals surface area (Å²) < 4.78 is 101. The van der Waals surface area contributed by atoms with Crippen molar-refractivity contribution in [3.05, 3.63) is 65.6 Å².